The first-order valence-corrected chi connectivity index (χ1v) is 6.15. The topological polar surface area (TPSA) is 25.8 Å². The zero-order valence-corrected chi connectivity index (χ0v) is 11.3. The number of aryl methyl sites for hydroxylation is 1. The maximum absolute atomic E-state index is 13.4. The molecule has 2 aromatic rings. The van der Waals surface area contributed by atoms with Crippen LogP contribution in [0.25, 0.3) is 11.3 Å². The van der Waals surface area contributed by atoms with Gasteiger partial charge in [-0.3, -0.25) is 0 Å². The molecule has 2 rings (SSSR count). The van der Waals surface area contributed by atoms with Gasteiger partial charge in [0.25, 0.3) is 0 Å². The highest BCUT2D eigenvalue weighted by Crippen LogP contribution is 2.33. The van der Waals surface area contributed by atoms with Crippen LogP contribution in [0.1, 0.15) is 30.9 Å². The van der Waals surface area contributed by atoms with Crippen molar-refractivity contribution in [3.8, 4) is 11.3 Å². The van der Waals surface area contributed by atoms with E-state index < -0.39 is 0 Å². The van der Waals surface area contributed by atoms with Gasteiger partial charge >= 0.3 is 0 Å². The van der Waals surface area contributed by atoms with E-state index in [1.54, 1.807) is 6.07 Å². The summed E-state index contributed by atoms with van der Waals surface area (Å²) in [5.74, 6) is -0.101. The van der Waals surface area contributed by atoms with E-state index in [9.17, 15) is 4.39 Å². The second kappa shape index (κ2) is 5.02. The van der Waals surface area contributed by atoms with Crippen LogP contribution in [-0.2, 0) is 0 Å². The summed E-state index contributed by atoms with van der Waals surface area (Å²) in [6.07, 6.45) is 1.41. The SMILES string of the molecule is Cc1ccc(F)cc1-c1ncnc(Cl)c1C(C)C. The highest BCUT2D eigenvalue weighted by atomic mass is 35.5. The minimum atomic E-state index is -0.278. The Morgan fingerprint density at radius 3 is 2.61 bits per heavy atom. The molecule has 0 unspecified atom stereocenters. The van der Waals surface area contributed by atoms with Crippen molar-refractivity contribution >= 4 is 11.6 Å². The predicted octanol–water partition coefficient (Wildman–Crippen LogP) is 4.37. The van der Waals surface area contributed by atoms with E-state index in [-0.39, 0.29) is 11.7 Å². The summed E-state index contributed by atoms with van der Waals surface area (Å²) < 4.78 is 13.4. The lowest BCUT2D eigenvalue weighted by Gasteiger charge is -2.14. The van der Waals surface area contributed by atoms with Crippen LogP contribution in [0.15, 0.2) is 24.5 Å². The zero-order chi connectivity index (χ0) is 13.3. The Kier molecular flexibility index (Phi) is 3.62. The molecule has 0 saturated carbocycles. The number of rotatable bonds is 2. The average molecular weight is 265 g/mol. The first-order valence-electron chi connectivity index (χ1n) is 5.77. The van der Waals surface area contributed by atoms with E-state index in [4.69, 9.17) is 11.6 Å². The molecule has 0 saturated heterocycles. The van der Waals surface area contributed by atoms with Gasteiger partial charge in [0.1, 0.15) is 17.3 Å². The molecule has 0 amide bonds. The molecule has 0 aliphatic rings. The van der Waals surface area contributed by atoms with E-state index >= 15 is 0 Å². The summed E-state index contributed by atoms with van der Waals surface area (Å²) in [7, 11) is 0. The minimum absolute atomic E-state index is 0.177. The molecule has 94 valence electrons. The quantitative estimate of drug-likeness (QED) is 0.753. The third-order valence-corrected chi connectivity index (χ3v) is 3.17. The standard InChI is InChI=1S/C14H14ClFN2/c1-8(2)12-13(17-7-18-14(12)15)11-6-10(16)5-4-9(11)3/h4-8H,1-3H3. The molecule has 0 atom stereocenters. The maximum atomic E-state index is 13.4. The predicted molar refractivity (Wildman–Crippen MR) is 71.3 cm³/mol. The van der Waals surface area contributed by atoms with Crippen molar-refractivity contribution in [3.05, 3.63) is 46.6 Å². The second-order valence-electron chi connectivity index (χ2n) is 4.54. The number of halogens is 2. The Hall–Kier alpha value is -1.48. The van der Waals surface area contributed by atoms with Gasteiger partial charge < -0.3 is 0 Å². The molecule has 0 aliphatic heterocycles. The lowest BCUT2D eigenvalue weighted by Crippen LogP contribution is -2.00. The van der Waals surface area contributed by atoms with Crippen molar-refractivity contribution in [3.63, 3.8) is 0 Å². The van der Waals surface area contributed by atoms with Gasteiger partial charge in [0.05, 0.1) is 5.69 Å². The minimum Gasteiger partial charge on any atom is -0.236 e. The third kappa shape index (κ3) is 2.36. The molecule has 1 aromatic heterocycles. The summed E-state index contributed by atoms with van der Waals surface area (Å²) in [4.78, 5) is 8.27. The van der Waals surface area contributed by atoms with Crippen molar-refractivity contribution in [2.75, 3.05) is 0 Å². The van der Waals surface area contributed by atoms with Crippen LogP contribution in [0.5, 0.6) is 0 Å². The molecular weight excluding hydrogens is 251 g/mol. The van der Waals surface area contributed by atoms with Crippen molar-refractivity contribution in [2.24, 2.45) is 0 Å². The van der Waals surface area contributed by atoms with Gasteiger partial charge in [-0.05, 0) is 30.5 Å². The molecule has 1 heterocycles. The van der Waals surface area contributed by atoms with Gasteiger partial charge in [0.15, 0.2) is 0 Å². The first-order chi connectivity index (χ1) is 8.50. The van der Waals surface area contributed by atoms with Crippen LogP contribution in [-0.4, -0.2) is 9.97 Å². The van der Waals surface area contributed by atoms with Crippen LogP contribution < -0.4 is 0 Å². The zero-order valence-electron chi connectivity index (χ0n) is 10.5. The number of hydrogen-bond acceptors (Lipinski definition) is 2. The third-order valence-electron chi connectivity index (χ3n) is 2.87. The van der Waals surface area contributed by atoms with E-state index in [0.717, 1.165) is 16.7 Å². The maximum Gasteiger partial charge on any atom is 0.136 e. The lowest BCUT2D eigenvalue weighted by atomic mass is 9.96. The molecule has 0 N–H and O–H groups in total. The molecule has 2 nitrogen and oxygen atoms in total. The summed E-state index contributed by atoms with van der Waals surface area (Å²) in [6.45, 7) is 5.96. The Morgan fingerprint density at radius 2 is 1.94 bits per heavy atom. The largest absolute Gasteiger partial charge is 0.236 e. The molecule has 0 spiro atoms. The molecule has 0 fully saturated rings. The second-order valence-corrected chi connectivity index (χ2v) is 4.90. The summed E-state index contributed by atoms with van der Waals surface area (Å²) in [5, 5.41) is 0.429. The first kappa shape index (κ1) is 13.0. The van der Waals surface area contributed by atoms with Crippen LogP contribution >= 0.6 is 11.6 Å². The fourth-order valence-electron chi connectivity index (χ4n) is 1.95. The monoisotopic (exact) mass is 264 g/mol. The fourth-order valence-corrected chi connectivity index (χ4v) is 2.30. The van der Waals surface area contributed by atoms with Gasteiger partial charge in [-0.2, -0.15) is 0 Å². The van der Waals surface area contributed by atoms with Crippen molar-refractivity contribution in [1.29, 1.82) is 0 Å². The van der Waals surface area contributed by atoms with Crippen LogP contribution in [0.3, 0.4) is 0 Å². The Morgan fingerprint density at radius 1 is 1.22 bits per heavy atom. The number of benzene rings is 1. The summed E-state index contributed by atoms with van der Waals surface area (Å²) >= 11 is 6.12. The number of aromatic nitrogens is 2. The molecule has 0 bridgehead atoms. The van der Waals surface area contributed by atoms with Gasteiger partial charge in [0.2, 0.25) is 0 Å². The van der Waals surface area contributed by atoms with E-state index in [1.165, 1.54) is 18.5 Å². The van der Waals surface area contributed by atoms with E-state index in [1.807, 2.05) is 20.8 Å². The number of nitrogens with zero attached hydrogens (tertiary/aromatic N) is 2. The highest BCUT2D eigenvalue weighted by molar-refractivity contribution is 6.30. The van der Waals surface area contributed by atoms with Crippen LogP contribution in [0, 0.1) is 12.7 Å². The highest BCUT2D eigenvalue weighted by Gasteiger charge is 2.16. The van der Waals surface area contributed by atoms with Crippen molar-refractivity contribution in [2.45, 2.75) is 26.7 Å². The van der Waals surface area contributed by atoms with Gasteiger partial charge in [0, 0.05) is 11.1 Å². The molecule has 1 aromatic carbocycles. The van der Waals surface area contributed by atoms with E-state index in [2.05, 4.69) is 9.97 Å². The molecule has 0 radical (unpaired) electrons. The van der Waals surface area contributed by atoms with Crippen molar-refractivity contribution < 1.29 is 4.39 Å². The Balaban J connectivity index is 2.71. The van der Waals surface area contributed by atoms with Gasteiger partial charge in [-0.25, -0.2) is 14.4 Å². The summed E-state index contributed by atoms with van der Waals surface area (Å²) in [6, 6.07) is 4.67. The molecule has 4 heteroatoms. The Labute approximate surface area is 111 Å². The van der Waals surface area contributed by atoms with Crippen LogP contribution in [0.4, 0.5) is 4.39 Å². The average Bonchev–Trinajstić information content (AvgIpc) is 2.31. The van der Waals surface area contributed by atoms with E-state index in [0.29, 0.717) is 10.8 Å². The van der Waals surface area contributed by atoms with Gasteiger partial charge in [-0.1, -0.05) is 31.5 Å². The normalized spacial score (nSPS) is 11.0. The van der Waals surface area contributed by atoms with Gasteiger partial charge in [-0.15, -0.1) is 0 Å². The van der Waals surface area contributed by atoms with Crippen LogP contribution in [0.2, 0.25) is 5.15 Å². The smallest absolute Gasteiger partial charge is 0.136 e. The van der Waals surface area contributed by atoms with Crippen molar-refractivity contribution in [1.82, 2.24) is 9.97 Å². The molecular formula is C14H14ClFN2. The number of hydrogen-bond donors (Lipinski definition) is 0. The fraction of sp³-hybridized carbons (Fsp3) is 0.286. The summed E-state index contributed by atoms with van der Waals surface area (Å²) in [5.41, 5.74) is 3.30. The molecule has 18 heavy (non-hydrogen) atoms. The Bertz CT molecular complexity index is 582. The molecule has 0 aliphatic carbocycles. The lowest BCUT2D eigenvalue weighted by molar-refractivity contribution is 0.627.